The maximum atomic E-state index is 12.1. The molecule has 0 amide bonds. The summed E-state index contributed by atoms with van der Waals surface area (Å²) < 4.78 is 6.85. The molecular formula is C18H20N4O3S. The Hall–Kier alpha value is -2.45. The number of piperidine rings is 1. The first-order chi connectivity index (χ1) is 12.7. The van der Waals surface area contributed by atoms with Crippen molar-refractivity contribution >= 4 is 17.3 Å². The fraction of sp³-hybridized carbons (Fsp3) is 0.389. The van der Waals surface area contributed by atoms with Crippen LogP contribution < -0.4 is 5.56 Å². The molecule has 1 saturated heterocycles. The summed E-state index contributed by atoms with van der Waals surface area (Å²) in [6.45, 7) is 2.86. The lowest BCUT2D eigenvalue weighted by Gasteiger charge is -2.34. The Bertz CT molecular complexity index is 930. The maximum absolute atomic E-state index is 12.1. The number of H-pyrrole nitrogens is 1. The van der Waals surface area contributed by atoms with Crippen LogP contribution in [0, 0.1) is 0 Å². The maximum Gasteiger partial charge on any atom is 0.341 e. The number of aromatic nitrogens is 3. The highest BCUT2D eigenvalue weighted by molar-refractivity contribution is 7.09. The van der Waals surface area contributed by atoms with E-state index in [1.807, 2.05) is 4.57 Å². The molecule has 3 aliphatic rings. The minimum absolute atomic E-state index is 0.200. The Morgan fingerprint density at radius 2 is 2.35 bits per heavy atom. The molecule has 1 atom stereocenters. The largest absolute Gasteiger partial charge is 0.465 e. The van der Waals surface area contributed by atoms with E-state index in [-0.39, 0.29) is 11.6 Å². The Morgan fingerprint density at radius 1 is 1.46 bits per heavy atom. The molecule has 1 N–H and O–H groups in total. The predicted molar refractivity (Wildman–Crippen MR) is 98.7 cm³/mol. The number of carbonyl (C=O) groups excluding carboxylic acids is 1. The topological polar surface area (TPSA) is 80.2 Å². The number of nitrogens with zero attached hydrogens (tertiary/aromatic N) is 3. The quantitative estimate of drug-likeness (QED) is 0.711. The van der Waals surface area contributed by atoms with E-state index in [0.717, 1.165) is 32.5 Å². The molecule has 7 nitrogen and oxygen atoms in total. The standard InChI is InChI=1S/C18H20N4O3S/c1-25-18(24)15-11-22(10-14-16(15)19-20-17(14)23)12-4-2-6-21(8-12)9-13-5-3-7-26-13/h3,5,7,10-12H,2,4,6,8-9H2,1H3,(H,20,23). The van der Waals surface area contributed by atoms with Gasteiger partial charge in [-0.25, -0.2) is 9.89 Å². The number of ether oxygens (including phenoxy) is 1. The van der Waals surface area contributed by atoms with Crippen molar-refractivity contribution in [2.45, 2.75) is 25.4 Å². The van der Waals surface area contributed by atoms with E-state index >= 15 is 0 Å². The Labute approximate surface area is 154 Å². The van der Waals surface area contributed by atoms with Crippen LogP contribution in [0.15, 0.2) is 34.7 Å². The highest BCUT2D eigenvalue weighted by Gasteiger charge is 2.26. The summed E-state index contributed by atoms with van der Waals surface area (Å²) >= 11 is 1.76. The molecule has 4 rings (SSSR count). The van der Waals surface area contributed by atoms with Crippen molar-refractivity contribution in [2.75, 3.05) is 20.2 Å². The molecule has 0 aromatic carbocycles. The molecule has 0 bridgehead atoms. The molecule has 0 aliphatic carbocycles. The number of hydrogen-bond donors (Lipinski definition) is 1. The zero-order chi connectivity index (χ0) is 18.1. The molecule has 26 heavy (non-hydrogen) atoms. The van der Waals surface area contributed by atoms with Gasteiger partial charge in [0.2, 0.25) is 0 Å². The summed E-state index contributed by atoms with van der Waals surface area (Å²) in [5.41, 5.74) is 0.817. The molecule has 1 aromatic heterocycles. The number of fused-ring (bicyclic) bond motifs is 1. The number of carbonyl (C=O) groups is 1. The van der Waals surface area contributed by atoms with Crippen LogP contribution in [0.2, 0.25) is 0 Å². The summed E-state index contributed by atoms with van der Waals surface area (Å²) in [6.07, 6.45) is 5.63. The Morgan fingerprint density at radius 3 is 3.12 bits per heavy atom. The molecule has 1 unspecified atom stereocenters. The van der Waals surface area contributed by atoms with Crippen LogP contribution in [-0.4, -0.2) is 45.8 Å². The van der Waals surface area contributed by atoms with Crippen molar-refractivity contribution in [3.63, 3.8) is 0 Å². The van der Waals surface area contributed by atoms with Gasteiger partial charge in [-0.3, -0.25) is 9.69 Å². The highest BCUT2D eigenvalue weighted by atomic mass is 32.1. The molecular weight excluding hydrogens is 352 g/mol. The van der Waals surface area contributed by atoms with Crippen molar-refractivity contribution in [3.8, 4) is 11.3 Å². The fourth-order valence-electron chi connectivity index (χ4n) is 3.57. The van der Waals surface area contributed by atoms with Crippen molar-refractivity contribution in [2.24, 2.45) is 0 Å². The van der Waals surface area contributed by atoms with Crippen LogP contribution in [0.1, 0.15) is 34.1 Å². The summed E-state index contributed by atoms with van der Waals surface area (Å²) in [5, 5.41) is 8.50. The van der Waals surface area contributed by atoms with Gasteiger partial charge in [-0.2, -0.15) is 5.10 Å². The number of thiophene rings is 1. The summed E-state index contributed by atoms with van der Waals surface area (Å²) in [6, 6.07) is 4.42. The van der Waals surface area contributed by atoms with Crippen LogP contribution in [0.5, 0.6) is 0 Å². The lowest BCUT2D eigenvalue weighted by atomic mass is 10.0. The van der Waals surface area contributed by atoms with Gasteiger partial charge in [0.15, 0.2) is 0 Å². The summed E-state index contributed by atoms with van der Waals surface area (Å²) in [4.78, 5) is 28.0. The number of aromatic amines is 1. The number of likely N-dealkylation sites (tertiary alicyclic amines) is 1. The van der Waals surface area contributed by atoms with Gasteiger partial charge in [0.1, 0.15) is 11.3 Å². The van der Waals surface area contributed by atoms with Crippen LogP contribution in [0.3, 0.4) is 0 Å². The van der Waals surface area contributed by atoms with Crippen molar-refractivity contribution < 1.29 is 9.53 Å². The minimum Gasteiger partial charge on any atom is -0.465 e. The van der Waals surface area contributed by atoms with E-state index in [2.05, 4.69) is 32.6 Å². The van der Waals surface area contributed by atoms with E-state index < -0.39 is 5.97 Å². The van der Waals surface area contributed by atoms with Gasteiger partial charge < -0.3 is 9.30 Å². The van der Waals surface area contributed by atoms with Gasteiger partial charge >= 0.3 is 5.97 Å². The van der Waals surface area contributed by atoms with Gasteiger partial charge in [0.25, 0.3) is 5.56 Å². The normalized spacial score (nSPS) is 18.3. The van der Waals surface area contributed by atoms with Crippen LogP contribution in [0.25, 0.3) is 11.3 Å². The Kier molecular flexibility index (Phi) is 4.60. The van der Waals surface area contributed by atoms with Gasteiger partial charge in [0, 0.05) is 36.4 Å². The molecule has 1 aromatic rings. The average molecular weight is 372 g/mol. The van der Waals surface area contributed by atoms with Crippen LogP contribution >= 0.6 is 11.3 Å². The first-order valence-corrected chi connectivity index (χ1v) is 9.46. The molecule has 0 radical (unpaired) electrons. The van der Waals surface area contributed by atoms with E-state index in [1.54, 1.807) is 23.7 Å². The van der Waals surface area contributed by atoms with Crippen LogP contribution in [-0.2, 0) is 11.3 Å². The SMILES string of the molecule is COC(=O)c1cn(C2CCCN(Cc3cccs3)C2)cc2c(=O)[nH]nc1-2. The van der Waals surface area contributed by atoms with Crippen molar-refractivity contribution in [1.82, 2.24) is 19.7 Å². The third-order valence-electron chi connectivity index (χ3n) is 4.85. The first kappa shape index (κ1) is 17.0. The molecule has 8 heteroatoms. The second-order valence-electron chi connectivity index (χ2n) is 6.54. The second-order valence-corrected chi connectivity index (χ2v) is 7.57. The average Bonchev–Trinajstić information content (AvgIpc) is 3.31. The fourth-order valence-corrected chi connectivity index (χ4v) is 4.31. The number of rotatable bonds is 4. The van der Waals surface area contributed by atoms with E-state index in [1.165, 1.54) is 12.0 Å². The lowest BCUT2D eigenvalue weighted by molar-refractivity contribution is 0.0599. The third kappa shape index (κ3) is 3.17. The number of hydrogen-bond acceptors (Lipinski definition) is 6. The van der Waals surface area contributed by atoms with E-state index in [4.69, 9.17) is 4.74 Å². The monoisotopic (exact) mass is 372 g/mol. The lowest BCUT2D eigenvalue weighted by Crippen LogP contribution is -2.36. The third-order valence-corrected chi connectivity index (χ3v) is 5.71. The summed E-state index contributed by atoms with van der Waals surface area (Å²) in [5.74, 6) is -0.484. The van der Waals surface area contributed by atoms with E-state index in [9.17, 15) is 9.59 Å². The number of methoxy groups -OCH3 is 1. The van der Waals surface area contributed by atoms with Crippen molar-refractivity contribution in [1.29, 1.82) is 0 Å². The van der Waals surface area contributed by atoms with Gasteiger partial charge in [-0.1, -0.05) is 6.07 Å². The van der Waals surface area contributed by atoms with Crippen LogP contribution in [0.4, 0.5) is 0 Å². The molecule has 3 aliphatic heterocycles. The highest BCUT2D eigenvalue weighted by Crippen LogP contribution is 2.28. The molecule has 0 spiro atoms. The predicted octanol–water partition coefficient (Wildman–Crippen LogP) is 2.36. The van der Waals surface area contributed by atoms with Gasteiger partial charge in [-0.05, 0) is 30.8 Å². The number of esters is 1. The minimum atomic E-state index is -0.484. The molecule has 1 fully saturated rings. The second kappa shape index (κ2) is 7.05. The van der Waals surface area contributed by atoms with Gasteiger partial charge in [0.05, 0.1) is 12.7 Å². The molecule has 136 valence electrons. The molecule has 0 saturated carbocycles. The van der Waals surface area contributed by atoms with Gasteiger partial charge in [-0.15, -0.1) is 11.3 Å². The summed E-state index contributed by atoms with van der Waals surface area (Å²) in [7, 11) is 1.33. The smallest absolute Gasteiger partial charge is 0.341 e. The Balaban J connectivity index is 1.65. The number of nitrogens with one attached hydrogen (secondary N) is 1. The van der Waals surface area contributed by atoms with Crippen molar-refractivity contribution in [3.05, 3.63) is 50.7 Å². The zero-order valence-electron chi connectivity index (χ0n) is 14.5. The molecule has 4 heterocycles. The zero-order valence-corrected chi connectivity index (χ0v) is 15.3. The number of pyridine rings is 1. The van der Waals surface area contributed by atoms with E-state index in [0.29, 0.717) is 16.8 Å². The first-order valence-electron chi connectivity index (χ1n) is 8.58.